The minimum atomic E-state index is -4.55. The summed E-state index contributed by atoms with van der Waals surface area (Å²) in [7, 11) is 0. The first kappa shape index (κ1) is 21.4. The molecule has 0 aliphatic carbocycles. The Morgan fingerprint density at radius 3 is 2.27 bits per heavy atom. The van der Waals surface area contributed by atoms with Gasteiger partial charge in [0.25, 0.3) is 5.91 Å². The predicted octanol–water partition coefficient (Wildman–Crippen LogP) is 5.97. The minimum Gasteiger partial charge on any atom is -0.435 e. The van der Waals surface area contributed by atoms with E-state index in [1.54, 1.807) is 13.8 Å². The second kappa shape index (κ2) is 8.17. The Morgan fingerprint density at radius 2 is 1.67 bits per heavy atom. The summed E-state index contributed by atoms with van der Waals surface area (Å²) >= 11 is 0. The molecule has 0 saturated carbocycles. The Morgan fingerprint density at radius 1 is 1.03 bits per heavy atom. The van der Waals surface area contributed by atoms with Crippen molar-refractivity contribution in [2.75, 3.05) is 5.32 Å². The van der Waals surface area contributed by atoms with Gasteiger partial charge >= 0.3 is 12.8 Å². The summed E-state index contributed by atoms with van der Waals surface area (Å²) in [6.45, 7) is 0.192. The number of para-hydroxylation sites is 1. The first-order valence-corrected chi connectivity index (χ1v) is 8.79. The summed E-state index contributed by atoms with van der Waals surface area (Å²) in [6, 6.07) is 11.9. The van der Waals surface area contributed by atoms with Gasteiger partial charge in [-0.1, -0.05) is 12.1 Å². The second-order valence-electron chi connectivity index (χ2n) is 6.49. The summed E-state index contributed by atoms with van der Waals surface area (Å²) in [5.41, 5.74) is 0.412. The molecule has 0 fully saturated rings. The molecule has 1 aromatic heterocycles. The zero-order valence-corrected chi connectivity index (χ0v) is 15.9. The molecule has 1 N–H and O–H groups in total. The van der Waals surface area contributed by atoms with Crippen LogP contribution < -0.4 is 10.1 Å². The summed E-state index contributed by atoms with van der Waals surface area (Å²) in [6.07, 6.45) is -4.55. The molecule has 0 unspecified atom stereocenters. The van der Waals surface area contributed by atoms with Crippen LogP contribution >= 0.6 is 0 Å². The molecular formula is C21H17F5N2O2. The van der Waals surface area contributed by atoms with Gasteiger partial charge in [0.1, 0.15) is 5.75 Å². The lowest BCUT2D eigenvalue weighted by Crippen LogP contribution is -2.15. The van der Waals surface area contributed by atoms with Crippen LogP contribution in [0.5, 0.6) is 5.75 Å². The molecule has 3 rings (SSSR count). The molecule has 0 spiro atoms. The van der Waals surface area contributed by atoms with Gasteiger partial charge in [-0.25, -0.2) is 0 Å². The number of halogens is 5. The molecule has 2 aromatic carbocycles. The number of anilines is 1. The van der Waals surface area contributed by atoms with Gasteiger partial charge in [0.05, 0.1) is 16.8 Å². The average Bonchev–Trinajstić information content (AvgIpc) is 2.96. The molecule has 0 aliphatic rings. The predicted molar refractivity (Wildman–Crippen MR) is 101 cm³/mol. The lowest BCUT2D eigenvalue weighted by atomic mass is 10.1. The number of carbonyl (C=O) groups is 1. The molecule has 4 nitrogen and oxygen atoms in total. The average molecular weight is 424 g/mol. The third kappa shape index (κ3) is 4.45. The zero-order valence-electron chi connectivity index (χ0n) is 15.9. The fraction of sp³-hybridized carbons (Fsp3) is 0.190. The van der Waals surface area contributed by atoms with Crippen LogP contribution in [0.15, 0.2) is 54.6 Å². The number of amides is 1. The van der Waals surface area contributed by atoms with Crippen LogP contribution in [-0.4, -0.2) is 17.1 Å². The molecular weight excluding hydrogens is 407 g/mol. The lowest BCUT2D eigenvalue weighted by Gasteiger charge is -2.16. The van der Waals surface area contributed by atoms with Crippen LogP contribution in [0.3, 0.4) is 0 Å². The summed E-state index contributed by atoms with van der Waals surface area (Å²) in [5, 5.41) is 2.60. The van der Waals surface area contributed by atoms with Crippen molar-refractivity contribution >= 4 is 11.6 Å². The Labute approximate surface area is 168 Å². The number of alkyl halides is 5. The number of nitrogens with zero attached hydrogens (tertiary/aromatic N) is 1. The Kier molecular flexibility index (Phi) is 5.82. The third-order valence-electron chi connectivity index (χ3n) is 4.46. The number of benzene rings is 2. The van der Waals surface area contributed by atoms with Crippen molar-refractivity contribution in [2.45, 2.75) is 26.6 Å². The molecule has 158 valence electrons. The maximum absolute atomic E-state index is 13.4. The van der Waals surface area contributed by atoms with E-state index < -0.39 is 24.3 Å². The van der Waals surface area contributed by atoms with Crippen LogP contribution in [0.25, 0.3) is 5.69 Å². The summed E-state index contributed by atoms with van der Waals surface area (Å²) in [4.78, 5) is 12.7. The normalized spacial score (nSPS) is 11.6. The van der Waals surface area contributed by atoms with Gasteiger partial charge < -0.3 is 14.6 Å². The minimum absolute atomic E-state index is 0.0649. The highest BCUT2D eigenvalue weighted by Crippen LogP contribution is 2.35. The van der Waals surface area contributed by atoms with E-state index in [0.29, 0.717) is 17.1 Å². The van der Waals surface area contributed by atoms with E-state index in [1.165, 1.54) is 53.1 Å². The van der Waals surface area contributed by atoms with E-state index in [-0.39, 0.29) is 17.0 Å². The van der Waals surface area contributed by atoms with Crippen molar-refractivity contribution in [1.82, 2.24) is 4.57 Å². The highest BCUT2D eigenvalue weighted by molar-refractivity contribution is 6.05. The molecule has 0 aliphatic heterocycles. The fourth-order valence-electron chi connectivity index (χ4n) is 3.19. The second-order valence-corrected chi connectivity index (χ2v) is 6.49. The molecule has 1 heterocycles. The van der Waals surface area contributed by atoms with Gasteiger partial charge in [0.2, 0.25) is 0 Å². The van der Waals surface area contributed by atoms with Crippen molar-refractivity contribution in [3.63, 3.8) is 0 Å². The van der Waals surface area contributed by atoms with E-state index in [1.807, 2.05) is 0 Å². The van der Waals surface area contributed by atoms with Crippen molar-refractivity contribution in [3.05, 3.63) is 77.1 Å². The lowest BCUT2D eigenvalue weighted by molar-refractivity contribution is -0.137. The van der Waals surface area contributed by atoms with E-state index in [4.69, 9.17) is 0 Å². The molecule has 9 heteroatoms. The Bertz CT molecular complexity index is 1060. The van der Waals surface area contributed by atoms with Gasteiger partial charge in [-0.3, -0.25) is 4.79 Å². The highest BCUT2D eigenvalue weighted by atomic mass is 19.4. The quantitative estimate of drug-likeness (QED) is 0.513. The number of hydrogen-bond donors (Lipinski definition) is 1. The van der Waals surface area contributed by atoms with E-state index in [0.717, 1.165) is 6.07 Å². The molecule has 3 aromatic rings. The fourth-order valence-corrected chi connectivity index (χ4v) is 3.19. The number of rotatable bonds is 5. The van der Waals surface area contributed by atoms with Crippen molar-refractivity contribution in [1.29, 1.82) is 0 Å². The molecule has 0 atom stereocenters. The smallest absolute Gasteiger partial charge is 0.418 e. The van der Waals surface area contributed by atoms with Crippen molar-refractivity contribution < 1.29 is 31.5 Å². The van der Waals surface area contributed by atoms with Gasteiger partial charge in [-0.15, -0.1) is 0 Å². The number of aryl methyl sites for hydroxylation is 1. The maximum atomic E-state index is 13.4. The van der Waals surface area contributed by atoms with E-state index >= 15 is 0 Å². The summed E-state index contributed by atoms with van der Waals surface area (Å²) in [5.74, 6) is -0.605. The van der Waals surface area contributed by atoms with Crippen molar-refractivity contribution in [2.24, 2.45) is 0 Å². The number of carbonyl (C=O) groups excluding carboxylic acids is 1. The van der Waals surface area contributed by atoms with Gasteiger partial charge in [-0.05, 0) is 56.3 Å². The molecule has 1 amide bonds. The maximum Gasteiger partial charge on any atom is 0.418 e. The molecule has 30 heavy (non-hydrogen) atoms. The number of aromatic nitrogens is 1. The van der Waals surface area contributed by atoms with E-state index in [9.17, 15) is 26.7 Å². The zero-order chi connectivity index (χ0) is 22.1. The van der Waals surface area contributed by atoms with E-state index in [2.05, 4.69) is 10.1 Å². The van der Waals surface area contributed by atoms with Gasteiger partial charge in [0.15, 0.2) is 0 Å². The van der Waals surface area contributed by atoms with Crippen LogP contribution in [0.2, 0.25) is 0 Å². The van der Waals surface area contributed by atoms with Crippen LogP contribution in [0.4, 0.5) is 27.6 Å². The van der Waals surface area contributed by atoms with Crippen LogP contribution in [0.1, 0.15) is 27.3 Å². The Hall–Kier alpha value is -3.36. The number of ether oxygens (including phenoxy) is 1. The highest BCUT2D eigenvalue weighted by Gasteiger charge is 2.34. The SMILES string of the molecule is Cc1cc(C(=O)Nc2ccc(OC(F)F)cc2)c(C)n1-c1ccccc1C(F)(F)F. The number of hydrogen-bond acceptors (Lipinski definition) is 2. The monoisotopic (exact) mass is 424 g/mol. The van der Waals surface area contributed by atoms with Crippen molar-refractivity contribution in [3.8, 4) is 11.4 Å². The summed E-state index contributed by atoms with van der Waals surface area (Å²) < 4.78 is 70.3. The van der Waals surface area contributed by atoms with Gasteiger partial charge in [-0.2, -0.15) is 22.0 Å². The topological polar surface area (TPSA) is 43.3 Å². The number of nitrogens with one attached hydrogen (secondary N) is 1. The van der Waals surface area contributed by atoms with Crippen LogP contribution in [0, 0.1) is 13.8 Å². The first-order chi connectivity index (χ1) is 14.1. The molecule has 0 bridgehead atoms. The largest absolute Gasteiger partial charge is 0.435 e. The third-order valence-corrected chi connectivity index (χ3v) is 4.46. The Balaban J connectivity index is 1.90. The van der Waals surface area contributed by atoms with Crippen LogP contribution in [-0.2, 0) is 6.18 Å². The molecule has 0 saturated heterocycles. The standard InChI is InChI=1S/C21H17F5N2O2/c1-12-11-16(19(29)27-14-7-9-15(10-8-14)30-20(22)23)13(2)28(12)18-6-4-3-5-17(18)21(24,25)26/h3-11,20H,1-2H3,(H,27,29). The first-order valence-electron chi connectivity index (χ1n) is 8.79. The van der Waals surface area contributed by atoms with Gasteiger partial charge in [0, 0.05) is 17.1 Å². The molecule has 0 radical (unpaired) electrons.